The highest BCUT2D eigenvalue weighted by Crippen LogP contribution is 2.42. The van der Waals surface area contributed by atoms with Gasteiger partial charge in [0.25, 0.3) is 0 Å². The number of hydrogen-bond acceptors (Lipinski definition) is 4. The first-order chi connectivity index (χ1) is 9.33. The van der Waals surface area contributed by atoms with Crippen molar-refractivity contribution in [1.29, 1.82) is 0 Å². The topological polar surface area (TPSA) is 39.7 Å². The van der Waals surface area contributed by atoms with Crippen molar-refractivity contribution >= 4 is 5.69 Å². The summed E-state index contributed by atoms with van der Waals surface area (Å²) in [6.45, 7) is 4.77. The van der Waals surface area contributed by atoms with Crippen molar-refractivity contribution in [3.63, 3.8) is 0 Å². The highest BCUT2D eigenvalue weighted by atomic mass is 19.3. The second kappa shape index (κ2) is 4.48. The minimum absolute atomic E-state index is 0.0614. The van der Waals surface area contributed by atoms with Crippen LogP contribution in [0.4, 0.5) is 14.5 Å². The van der Waals surface area contributed by atoms with E-state index >= 15 is 0 Å². The van der Waals surface area contributed by atoms with E-state index in [0.29, 0.717) is 6.61 Å². The summed E-state index contributed by atoms with van der Waals surface area (Å²) in [6.07, 6.45) is -1.83. The van der Waals surface area contributed by atoms with E-state index in [1.54, 1.807) is 12.1 Å². The molecule has 0 aliphatic carbocycles. The standard InChI is InChI=1S/C14H17F2NO3/c1-13(2)8-10(5-6-18-13)17-9-3-4-11-12(7-9)20-14(15,16)19-11/h3-4,7,10,17H,5-6,8H2,1-2H3. The summed E-state index contributed by atoms with van der Waals surface area (Å²) in [5.41, 5.74) is 0.576. The summed E-state index contributed by atoms with van der Waals surface area (Å²) in [4.78, 5) is 0. The lowest BCUT2D eigenvalue weighted by atomic mass is 9.94. The van der Waals surface area contributed by atoms with Gasteiger partial charge in [-0.25, -0.2) is 0 Å². The number of anilines is 1. The minimum atomic E-state index is -3.57. The number of halogens is 2. The Kier molecular flexibility index (Phi) is 3.01. The number of rotatable bonds is 2. The molecule has 1 unspecified atom stereocenters. The molecule has 1 saturated heterocycles. The lowest BCUT2D eigenvalue weighted by Crippen LogP contribution is -2.40. The Morgan fingerprint density at radius 3 is 2.70 bits per heavy atom. The molecule has 1 aromatic carbocycles. The Morgan fingerprint density at radius 2 is 1.95 bits per heavy atom. The van der Waals surface area contributed by atoms with Gasteiger partial charge in [0.15, 0.2) is 11.5 Å². The third-order valence-corrected chi connectivity index (χ3v) is 3.47. The molecule has 3 rings (SSSR count). The molecule has 4 nitrogen and oxygen atoms in total. The van der Waals surface area contributed by atoms with Crippen LogP contribution < -0.4 is 14.8 Å². The first-order valence-electron chi connectivity index (χ1n) is 6.63. The zero-order valence-corrected chi connectivity index (χ0v) is 11.4. The molecule has 0 bridgehead atoms. The Bertz CT molecular complexity index is 519. The second-order valence-electron chi connectivity index (χ2n) is 5.77. The van der Waals surface area contributed by atoms with E-state index in [9.17, 15) is 8.78 Å². The molecule has 2 aliphatic rings. The van der Waals surface area contributed by atoms with Gasteiger partial charge in [-0.1, -0.05) is 0 Å². The highest BCUT2D eigenvalue weighted by molar-refractivity contribution is 5.56. The third-order valence-electron chi connectivity index (χ3n) is 3.47. The van der Waals surface area contributed by atoms with Gasteiger partial charge >= 0.3 is 6.29 Å². The fourth-order valence-corrected chi connectivity index (χ4v) is 2.63. The van der Waals surface area contributed by atoms with Gasteiger partial charge in [-0.15, -0.1) is 8.78 Å². The van der Waals surface area contributed by atoms with Crippen molar-refractivity contribution in [2.75, 3.05) is 11.9 Å². The van der Waals surface area contributed by atoms with Gasteiger partial charge in [0.1, 0.15) is 0 Å². The first-order valence-corrected chi connectivity index (χ1v) is 6.63. The Balaban J connectivity index is 1.71. The zero-order chi connectivity index (χ0) is 14.4. The quantitative estimate of drug-likeness (QED) is 0.904. The summed E-state index contributed by atoms with van der Waals surface area (Å²) in [5, 5.41) is 3.33. The number of nitrogens with one attached hydrogen (secondary N) is 1. The molecular weight excluding hydrogens is 268 g/mol. The summed E-state index contributed by atoms with van der Waals surface area (Å²) in [7, 11) is 0. The van der Waals surface area contributed by atoms with Crippen LogP contribution in [0.15, 0.2) is 18.2 Å². The van der Waals surface area contributed by atoms with Crippen LogP contribution in [0.3, 0.4) is 0 Å². The molecule has 1 fully saturated rings. The summed E-state index contributed by atoms with van der Waals surface area (Å²) in [6, 6.07) is 4.99. The molecule has 2 aliphatic heterocycles. The zero-order valence-electron chi connectivity index (χ0n) is 11.4. The summed E-state index contributed by atoms with van der Waals surface area (Å²) >= 11 is 0. The number of benzene rings is 1. The highest BCUT2D eigenvalue weighted by Gasteiger charge is 2.43. The van der Waals surface area contributed by atoms with Crippen LogP contribution in [-0.2, 0) is 4.74 Å². The lowest BCUT2D eigenvalue weighted by Gasteiger charge is -2.36. The molecule has 2 heterocycles. The van der Waals surface area contributed by atoms with Gasteiger partial charge in [0, 0.05) is 24.4 Å². The van der Waals surface area contributed by atoms with Gasteiger partial charge in [0.2, 0.25) is 0 Å². The lowest BCUT2D eigenvalue weighted by molar-refractivity contribution is -0.286. The third kappa shape index (κ3) is 2.80. The fourth-order valence-electron chi connectivity index (χ4n) is 2.63. The van der Waals surface area contributed by atoms with Crippen molar-refractivity contribution in [3.05, 3.63) is 18.2 Å². The van der Waals surface area contributed by atoms with Gasteiger partial charge in [0.05, 0.1) is 5.60 Å². The molecule has 1 atom stereocenters. The monoisotopic (exact) mass is 285 g/mol. The number of alkyl halides is 2. The van der Waals surface area contributed by atoms with Crippen LogP contribution in [0.2, 0.25) is 0 Å². The molecule has 6 heteroatoms. The normalized spacial score (nSPS) is 26.3. The van der Waals surface area contributed by atoms with E-state index < -0.39 is 6.29 Å². The summed E-state index contributed by atoms with van der Waals surface area (Å²) in [5.74, 6) is 0.124. The number of ether oxygens (including phenoxy) is 3. The molecule has 0 radical (unpaired) electrons. The van der Waals surface area contributed by atoms with Crippen LogP contribution in [0.1, 0.15) is 26.7 Å². The molecule has 20 heavy (non-hydrogen) atoms. The molecular formula is C14H17F2NO3. The minimum Gasteiger partial charge on any atom is -0.395 e. The number of fused-ring (bicyclic) bond motifs is 1. The molecule has 0 spiro atoms. The predicted molar refractivity (Wildman–Crippen MR) is 69.3 cm³/mol. The van der Waals surface area contributed by atoms with E-state index in [1.807, 2.05) is 13.8 Å². The smallest absolute Gasteiger partial charge is 0.395 e. The maximum absolute atomic E-state index is 12.9. The SMILES string of the molecule is CC1(C)CC(Nc2ccc3c(c2)OC(F)(F)O3)CCO1. The second-order valence-corrected chi connectivity index (χ2v) is 5.77. The van der Waals surface area contributed by atoms with Crippen molar-refractivity contribution < 1.29 is 23.0 Å². The fraction of sp³-hybridized carbons (Fsp3) is 0.571. The van der Waals surface area contributed by atoms with Crippen molar-refractivity contribution in [1.82, 2.24) is 0 Å². The average Bonchev–Trinajstić information content (AvgIpc) is 2.61. The van der Waals surface area contributed by atoms with Gasteiger partial charge in [-0.05, 0) is 38.8 Å². The molecule has 0 amide bonds. The van der Waals surface area contributed by atoms with Crippen molar-refractivity contribution in [2.24, 2.45) is 0 Å². The Labute approximate surface area is 116 Å². The van der Waals surface area contributed by atoms with Gasteiger partial charge < -0.3 is 19.5 Å². The number of hydrogen-bond donors (Lipinski definition) is 1. The maximum Gasteiger partial charge on any atom is 0.586 e. The Morgan fingerprint density at radius 1 is 1.20 bits per heavy atom. The van der Waals surface area contributed by atoms with E-state index in [1.165, 1.54) is 6.07 Å². The van der Waals surface area contributed by atoms with E-state index in [-0.39, 0.29) is 23.1 Å². The summed E-state index contributed by atoms with van der Waals surface area (Å²) < 4.78 is 40.4. The van der Waals surface area contributed by atoms with Crippen molar-refractivity contribution in [3.8, 4) is 11.5 Å². The molecule has 0 aromatic heterocycles. The molecule has 110 valence electrons. The molecule has 1 aromatic rings. The van der Waals surface area contributed by atoms with Crippen LogP contribution in [0, 0.1) is 0 Å². The van der Waals surface area contributed by atoms with Crippen molar-refractivity contribution in [2.45, 2.75) is 44.6 Å². The van der Waals surface area contributed by atoms with E-state index in [2.05, 4.69) is 14.8 Å². The predicted octanol–water partition coefficient (Wildman–Crippen LogP) is 3.38. The molecule has 0 saturated carbocycles. The van der Waals surface area contributed by atoms with Crippen LogP contribution in [0.25, 0.3) is 0 Å². The van der Waals surface area contributed by atoms with Gasteiger partial charge in [-0.2, -0.15) is 0 Å². The first kappa shape index (κ1) is 13.4. The van der Waals surface area contributed by atoms with Crippen LogP contribution in [-0.4, -0.2) is 24.5 Å². The molecule has 1 N–H and O–H groups in total. The largest absolute Gasteiger partial charge is 0.586 e. The maximum atomic E-state index is 12.9. The Hall–Kier alpha value is -1.56. The van der Waals surface area contributed by atoms with Gasteiger partial charge in [-0.3, -0.25) is 0 Å². The van der Waals surface area contributed by atoms with E-state index in [0.717, 1.165) is 18.5 Å². The average molecular weight is 285 g/mol. The van der Waals surface area contributed by atoms with Crippen LogP contribution in [0.5, 0.6) is 11.5 Å². The van der Waals surface area contributed by atoms with E-state index in [4.69, 9.17) is 4.74 Å². The van der Waals surface area contributed by atoms with Crippen LogP contribution >= 0.6 is 0 Å².